The lowest BCUT2D eigenvalue weighted by atomic mass is 10.1. The minimum atomic E-state index is 0.587. The molecule has 0 aliphatic carbocycles. The van der Waals surface area contributed by atoms with Gasteiger partial charge < -0.3 is 10.2 Å². The first-order valence-corrected chi connectivity index (χ1v) is 7.35. The largest absolute Gasteiger partial charge is 0.364 e. The maximum atomic E-state index is 3.19. The van der Waals surface area contributed by atoms with E-state index in [4.69, 9.17) is 0 Å². The molecule has 0 saturated heterocycles. The summed E-state index contributed by atoms with van der Waals surface area (Å²) in [7, 11) is 1.98. The molecular weight excluding hydrogens is 244 g/mol. The van der Waals surface area contributed by atoms with Gasteiger partial charge in [0.1, 0.15) is 0 Å². The molecule has 20 heavy (non-hydrogen) atoms. The first kappa shape index (κ1) is 13.2. The van der Waals surface area contributed by atoms with Gasteiger partial charge in [-0.3, -0.25) is 0 Å². The van der Waals surface area contributed by atoms with Crippen molar-refractivity contribution in [3.8, 4) is 0 Å². The van der Waals surface area contributed by atoms with Crippen molar-refractivity contribution in [2.24, 2.45) is 0 Å². The van der Waals surface area contributed by atoms with Crippen LogP contribution >= 0.6 is 0 Å². The molecule has 0 aromatic heterocycles. The molecule has 1 heterocycles. The highest BCUT2D eigenvalue weighted by Gasteiger charge is 2.25. The fourth-order valence-electron chi connectivity index (χ4n) is 3.03. The second-order valence-corrected chi connectivity index (χ2v) is 5.66. The Hall–Kier alpha value is -1.80. The third-order valence-electron chi connectivity index (χ3n) is 4.11. The van der Waals surface area contributed by atoms with Gasteiger partial charge in [0.05, 0.1) is 0 Å². The van der Waals surface area contributed by atoms with Gasteiger partial charge in [-0.05, 0) is 43.1 Å². The van der Waals surface area contributed by atoms with E-state index in [1.54, 1.807) is 0 Å². The van der Waals surface area contributed by atoms with E-state index in [0.717, 1.165) is 19.5 Å². The van der Waals surface area contributed by atoms with Gasteiger partial charge in [0, 0.05) is 24.8 Å². The second kappa shape index (κ2) is 5.68. The number of hydrogen-bond donors (Lipinski definition) is 1. The van der Waals surface area contributed by atoms with Crippen molar-refractivity contribution in [3.63, 3.8) is 0 Å². The molecule has 3 rings (SSSR count). The number of nitrogens with zero attached hydrogens (tertiary/aromatic N) is 1. The zero-order valence-corrected chi connectivity index (χ0v) is 12.3. The maximum absolute atomic E-state index is 3.19. The molecule has 1 N–H and O–H groups in total. The molecule has 2 aromatic carbocycles. The number of hydrogen-bond acceptors (Lipinski definition) is 2. The van der Waals surface area contributed by atoms with Crippen molar-refractivity contribution in [3.05, 3.63) is 65.2 Å². The van der Waals surface area contributed by atoms with Crippen LogP contribution < -0.4 is 10.2 Å². The zero-order chi connectivity index (χ0) is 13.9. The number of fused-ring (bicyclic) bond motifs is 1. The van der Waals surface area contributed by atoms with Crippen LogP contribution in [0.3, 0.4) is 0 Å². The highest BCUT2D eigenvalue weighted by molar-refractivity contribution is 5.59. The predicted octanol–water partition coefficient (Wildman–Crippen LogP) is 3.36. The topological polar surface area (TPSA) is 15.3 Å². The fraction of sp³-hybridized carbons (Fsp3) is 0.333. The van der Waals surface area contributed by atoms with Crippen LogP contribution in [0.2, 0.25) is 0 Å². The quantitative estimate of drug-likeness (QED) is 0.913. The molecule has 0 bridgehead atoms. The molecule has 2 aromatic rings. The molecular formula is C18H22N2. The molecule has 1 atom stereocenters. The van der Waals surface area contributed by atoms with Gasteiger partial charge in [-0.15, -0.1) is 0 Å². The SMILES string of the molecule is CNCc1ccc(CN2c3ccccc3CC2C)cc1. The highest BCUT2D eigenvalue weighted by Crippen LogP contribution is 2.32. The maximum Gasteiger partial charge on any atom is 0.0432 e. The van der Waals surface area contributed by atoms with Crippen LogP contribution in [0.15, 0.2) is 48.5 Å². The van der Waals surface area contributed by atoms with Gasteiger partial charge in [0.25, 0.3) is 0 Å². The molecule has 0 fully saturated rings. The van der Waals surface area contributed by atoms with Crippen LogP contribution in [0.5, 0.6) is 0 Å². The summed E-state index contributed by atoms with van der Waals surface area (Å²) in [6, 6.07) is 18.3. The predicted molar refractivity (Wildman–Crippen MR) is 85.0 cm³/mol. The molecule has 1 unspecified atom stereocenters. The smallest absolute Gasteiger partial charge is 0.0432 e. The summed E-state index contributed by atoms with van der Waals surface area (Å²) in [6.07, 6.45) is 1.16. The second-order valence-electron chi connectivity index (χ2n) is 5.66. The van der Waals surface area contributed by atoms with E-state index in [-0.39, 0.29) is 0 Å². The summed E-state index contributed by atoms with van der Waals surface area (Å²) in [5, 5.41) is 3.19. The lowest BCUT2D eigenvalue weighted by molar-refractivity contribution is 0.672. The van der Waals surface area contributed by atoms with Gasteiger partial charge in [-0.1, -0.05) is 42.5 Å². The van der Waals surface area contributed by atoms with E-state index in [2.05, 4.69) is 65.7 Å². The Morgan fingerprint density at radius 1 is 1.05 bits per heavy atom. The summed E-state index contributed by atoms with van der Waals surface area (Å²) >= 11 is 0. The van der Waals surface area contributed by atoms with Crippen molar-refractivity contribution in [2.75, 3.05) is 11.9 Å². The standard InChI is InChI=1S/C18H22N2/c1-14-11-17-5-3-4-6-18(17)20(14)13-16-9-7-15(8-10-16)12-19-2/h3-10,14,19H,11-13H2,1-2H3. The van der Waals surface area contributed by atoms with Crippen molar-refractivity contribution in [2.45, 2.75) is 32.5 Å². The number of para-hydroxylation sites is 1. The van der Waals surface area contributed by atoms with Gasteiger partial charge in [-0.2, -0.15) is 0 Å². The van der Waals surface area contributed by atoms with Crippen LogP contribution in [-0.4, -0.2) is 13.1 Å². The van der Waals surface area contributed by atoms with Crippen molar-refractivity contribution in [1.82, 2.24) is 5.32 Å². The van der Waals surface area contributed by atoms with Gasteiger partial charge in [0.2, 0.25) is 0 Å². The zero-order valence-electron chi connectivity index (χ0n) is 12.3. The van der Waals surface area contributed by atoms with E-state index < -0.39 is 0 Å². The third-order valence-corrected chi connectivity index (χ3v) is 4.11. The summed E-state index contributed by atoms with van der Waals surface area (Å²) in [5.74, 6) is 0. The molecule has 1 aliphatic heterocycles. The van der Waals surface area contributed by atoms with E-state index in [1.165, 1.54) is 22.4 Å². The Morgan fingerprint density at radius 2 is 1.75 bits per heavy atom. The normalized spacial score (nSPS) is 17.3. The monoisotopic (exact) mass is 266 g/mol. The summed E-state index contributed by atoms with van der Waals surface area (Å²) in [6.45, 7) is 4.25. The Labute approximate surface area is 121 Å². The van der Waals surface area contributed by atoms with E-state index in [9.17, 15) is 0 Å². The summed E-state index contributed by atoms with van der Waals surface area (Å²) in [4.78, 5) is 2.52. The molecule has 2 nitrogen and oxygen atoms in total. The van der Waals surface area contributed by atoms with Crippen LogP contribution in [0.4, 0.5) is 5.69 Å². The van der Waals surface area contributed by atoms with Crippen molar-refractivity contribution < 1.29 is 0 Å². The van der Waals surface area contributed by atoms with Gasteiger partial charge >= 0.3 is 0 Å². The van der Waals surface area contributed by atoms with Crippen LogP contribution in [0, 0.1) is 0 Å². The number of anilines is 1. The molecule has 2 heteroatoms. The molecule has 0 spiro atoms. The highest BCUT2D eigenvalue weighted by atomic mass is 15.2. The average molecular weight is 266 g/mol. The van der Waals surface area contributed by atoms with E-state index in [1.807, 2.05) is 7.05 Å². The Morgan fingerprint density at radius 3 is 2.50 bits per heavy atom. The molecule has 0 saturated carbocycles. The Balaban J connectivity index is 1.77. The van der Waals surface area contributed by atoms with Crippen LogP contribution in [-0.2, 0) is 19.5 Å². The average Bonchev–Trinajstić information content (AvgIpc) is 2.78. The van der Waals surface area contributed by atoms with Crippen molar-refractivity contribution in [1.29, 1.82) is 0 Å². The summed E-state index contributed by atoms with van der Waals surface area (Å²) < 4.78 is 0. The van der Waals surface area contributed by atoms with E-state index >= 15 is 0 Å². The minimum absolute atomic E-state index is 0.587. The first-order valence-electron chi connectivity index (χ1n) is 7.35. The molecule has 0 radical (unpaired) electrons. The van der Waals surface area contributed by atoms with Gasteiger partial charge in [0.15, 0.2) is 0 Å². The summed E-state index contributed by atoms with van der Waals surface area (Å²) in [5.41, 5.74) is 5.60. The molecule has 1 aliphatic rings. The lowest BCUT2D eigenvalue weighted by Crippen LogP contribution is -2.28. The number of rotatable bonds is 4. The fourth-order valence-corrected chi connectivity index (χ4v) is 3.03. The number of benzene rings is 2. The first-order chi connectivity index (χ1) is 9.78. The van der Waals surface area contributed by atoms with E-state index in [0.29, 0.717) is 6.04 Å². The molecule has 0 amide bonds. The Kier molecular flexibility index (Phi) is 3.75. The van der Waals surface area contributed by atoms with Crippen LogP contribution in [0.1, 0.15) is 23.6 Å². The minimum Gasteiger partial charge on any atom is -0.364 e. The third kappa shape index (κ3) is 2.56. The number of nitrogens with one attached hydrogen (secondary N) is 1. The van der Waals surface area contributed by atoms with Crippen molar-refractivity contribution >= 4 is 5.69 Å². The van der Waals surface area contributed by atoms with Crippen LogP contribution in [0.25, 0.3) is 0 Å². The Bertz CT molecular complexity index is 574. The lowest BCUT2D eigenvalue weighted by Gasteiger charge is -2.25. The molecule has 104 valence electrons. The van der Waals surface area contributed by atoms with Gasteiger partial charge in [-0.25, -0.2) is 0 Å².